The monoisotopic (exact) mass is 302 g/mol. The van der Waals surface area contributed by atoms with Crippen LogP contribution in [0.5, 0.6) is 5.88 Å². The van der Waals surface area contributed by atoms with Gasteiger partial charge in [-0.1, -0.05) is 20.8 Å². The summed E-state index contributed by atoms with van der Waals surface area (Å²) in [6.45, 7) is 7.51. The van der Waals surface area contributed by atoms with E-state index in [9.17, 15) is 0 Å². The van der Waals surface area contributed by atoms with E-state index >= 15 is 0 Å². The molecule has 1 rings (SSSR count). The van der Waals surface area contributed by atoms with Crippen molar-refractivity contribution in [2.24, 2.45) is 0 Å². The summed E-state index contributed by atoms with van der Waals surface area (Å²) < 4.78 is 11.3. The summed E-state index contributed by atoms with van der Waals surface area (Å²) >= 11 is 3.37. The molecule has 0 N–H and O–H groups in total. The van der Waals surface area contributed by atoms with Gasteiger partial charge in [-0.05, 0) is 15.9 Å². The van der Waals surface area contributed by atoms with E-state index in [1.54, 1.807) is 13.2 Å². The van der Waals surface area contributed by atoms with E-state index in [1.807, 2.05) is 0 Å². The van der Waals surface area contributed by atoms with Crippen LogP contribution in [0.2, 0.25) is 0 Å². The summed E-state index contributed by atoms with van der Waals surface area (Å²) in [6, 6.07) is 1.78. The molecule has 4 nitrogen and oxygen atoms in total. The van der Waals surface area contributed by atoms with Gasteiger partial charge in [0.1, 0.15) is 10.4 Å². The Morgan fingerprint density at radius 2 is 1.94 bits per heavy atom. The Labute approximate surface area is 111 Å². The van der Waals surface area contributed by atoms with Crippen molar-refractivity contribution in [2.45, 2.75) is 32.6 Å². The number of halogens is 1. The first-order valence-electron chi connectivity index (χ1n) is 5.60. The topological polar surface area (TPSA) is 44.2 Å². The van der Waals surface area contributed by atoms with Crippen LogP contribution in [0, 0.1) is 0 Å². The lowest BCUT2D eigenvalue weighted by molar-refractivity contribution is 0.170. The Balaban J connectivity index is 2.69. The quantitative estimate of drug-likeness (QED) is 0.619. The van der Waals surface area contributed by atoms with E-state index in [-0.39, 0.29) is 5.41 Å². The van der Waals surface area contributed by atoms with Gasteiger partial charge in [0.05, 0.1) is 6.61 Å². The Kier molecular flexibility index (Phi) is 5.33. The van der Waals surface area contributed by atoms with Crippen LogP contribution in [-0.2, 0) is 10.2 Å². The SMILES string of the molecule is COCCCOc1cc(Br)nc(C(C)(C)C)n1. The van der Waals surface area contributed by atoms with Gasteiger partial charge in [-0.15, -0.1) is 0 Å². The molecule has 1 aromatic rings. The van der Waals surface area contributed by atoms with E-state index in [0.717, 1.165) is 16.8 Å². The lowest BCUT2D eigenvalue weighted by Crippen LogP contribution is -2.17. The van der Waals surface area contributed by atoms with Crippen molar-refractivity contribution < 1.29 is 9.47 Å². The van der Waals surface area contributed by atoms with Crippen LogP contribution in [0.1, 0.15) is 33.0 Å². The normalized spacial score (nSPS) is 11.6. The minimum Gasteiger partial charge on any atom is -0.477 e. The first-order valence-corrected chi connectivity index (χ1v) is 6.39. The Morgan fingerprint density at radius 1 is 1.24 bits per heavy atom. The van der Waals surface area contributed by atoms with Crippen molar-refractivity contribution in [3.63, 3.8) is 0 Å². The van der Waals surface area contributed by atoms with Crippen LogP contribution in [-0.4, -0.2) is 30.3 Å². The number of rotatable bonds is 5. The van der Waals surface area contributed by atoms with Crippen molar-refractivity contribution in [2.75, 3.05) is 20.3 Å². The first-order chi connectivity index (χ1) is 7.93. The molecule has 5 heteroatoms. The first kappa shape index (κ1) is 14.4. The summed E-state index contributed by atoms with van der Waals surface area (Å²) in [6.07, 6.45) is 0.850. The summed E-state index contributed by atoms with van der Waals surface area (Å²) in [7, 11) is 1.68. The number of aromatic nitrogens is 2. The number of methoxy groups -OCH3 is 1. The van der Waals surface area contributed by atoms with Gasteiger partial charge < -0.3 is 9.47 Å². The van der Waals surface area contributed by atoms with Crippen molar-refractivity contribution in [3.8, 4) is 5.88 Å². The Morgan fingerprint density at radius 3 is 2.53 bits per heavy atom. The zero-order valence-corrected chi connectivity index (χ0v) is 12.4. The maximum absolute atomic E-state index is 5.56. The molecule has 0 saturated carbocycles. The van der Waals surface area contributed by atoms with Gasteiger partial charge >= 0.3 is 0 Å². The largest absolute Gasteiger partial charge is 0.477 e. The second kappa shape index (κ2) is 6.31. The van der Waals surface area contributed by atoms with Crippen LogP contribution in [0.3, 0.4) is 0 Å². The van der Waals surface area contributed by atoms with Crippen LogP contribution >= 0.6 is 15.9 Å². The molecule has 0 bridgehead atoms. The number of hydrogen-bond acceptors (Lipinski definition) is 4. The summed E-state index contributed by atoms with van der Waals surface area (Å²) in [5.41, 5.74) is -0.0889. The summed E-state index contributed by atoms with van der Waals surface area (Å²) in [5, 5.41) is 0. The van der Waals surface area contributed by atoms with Crippen molar-refractivity contribution >= 4 is 15.9 Å². The van der Waals surface area contributed by atoms with E-state index in [4.69, 9.17) is 9.47 Å². The third-order valence-corrected chi connectivity index (χ3v) is 2.49. The Hall–Kier alpha value is -0.680. The highest BCUT2D eigenvalue weighted by Gasteiger charge is 2.19. The van der Waals surface area contributed by atoms with E-state index in [0.29, 0.717) is 19.1 Å². The Bertz CT molecular complexity index is 364. The average molecular weight is 303 g/mol. The molecular formula is C12H19BrN2O2. The summed E-state index contributed by atoms with van der Waals surface area (Å²) in [4.78, 5) is 8.75. The molecule has 1 heterocycles. The molecule has 0 aromatic carbocycles. The summed E-state index contributed by atoms with van der Waals surface area (Å²) in [5.74, 6) is 1.38. The van der Waals surface area contributed by atoms with Gasteiger partial charge in [0.15, 0.2) is 0 Å². The molecule has 0 aliphatic rings. The molecule has 0 spiro atoms. The van der Waals surface area contributed by atoms with Gasteiger partial charge in [0, 0.05) is 31.6 Å². The fraction of sp³-hybridized carbons (Fsp3) is 0.667. The lowest BCUT2D eigenvalue weighted by atomic mass is 9.96. The smallest absolute Gasteiger partial charge is 0.217 e. The second-order valence-electron chi connectivity index (χ2n) is 4.80. The fourth-order valence-electron chi connectivity index (χ4n) is 1.19. The molecule has 0 saturated heterocycles. The van der Waals surface area contributed by atoms with Gasteiger partial charge in [0.2, 0.25) is 5.88 Å². The molecule has 0 atom stereocenters. The zero-order chi connectivity index (χ0) is 12.9. The second-order valence-corrected chi connectivity index (χ2v) is 5.61. The highest BCUT2D eigenvalue weighted by atomic mass is 79.9. The van der Waals surface area contributed by atoms with Gasteiger partial charge in [0.25, 0.3) is 0 Å². The van der Waals surface area contributed by atoms with Crippen LogP contribution in [0.25, 0.3) is 0 Å². The van der Waals surface area contributed by atoms with Gasteiger partial charge in [-0.2, -0.15) is 4.98 Å². The van der Waals surface area contributed by atoms with Crippen LogP contribution < -0.4 is 4.74 Å². The fourth-order valence-corrected chi connectivity index (χ4v) is 1.55. The maximum atomic E-state index is 5.56. The van der Waals surface area contributed by atoms with Crippen molar-refractivity contribution in [3.05, 3.63) is 16.5 Å². The standard InChI is InChI=1S/C12H19BrN2O2/c1-12(2,3)11-14-9(13)8-10(15-11)17-7-5-6-16-4/h8H,5-7H2,1-4H3. The minimum atomic E-state index is -0.0889. The van der Waals surface area contributed by atoms with Crippen molar-refractivity contribution in [1.29, 1.82) is 0 Å². The van der Waals surface area contributed by atoms with Crippen LogP contribution in [0.15, 0.2) is 10.7 Å². The number of nitrogens with zero attached hydrogens (tertiary/aromatic N) is 2. The molecule has 0 aliphatic heterocycles. The van der Waals surface area contributed by atoms with Gasteiger partial charge in [-0.3, -0.25) is 0 Å². The molecule has 0 unspecified atom stereocenters. The van der Waals surface area contributed by atoms with E-state index in [1.165, 1.54) is 0 Å². The average Bonchev–Trinajstić information content (AvgIpc) is 2.22. The third-order valence-electron chi connectivity index (χ3n) is 2.08. The minimum absolute atomic E-state index is 0.0889. The molecule has 0 amide bonds. The highest BCUT2D eigenvalue weighted by molar-refractivity contribution is 9.10. The predicted octanol–water partition coefficient (Wildman–Crippen LogP) is 2.95. The molecule has 0 fully saturated rings. The van der Waals surface area contributed by atoms with Gasteiger partial charge in [-0.25, -0.2) is 4.98 Å². The molecule has 0 radical (unpaired) electrons. The molecule has 0 aliphatic carbocycles. The van der Waals surface area contributed by atoms with Crippen molar-refractivity contribution in [1.82, 2.24) is 9.97 Å². The zero-order valence-electron chi connectivity index (χ0n) is 10.8. The molecule has 96 valence electrons. The van der Waals surface area contributed by atoms with Crippen LogP contribution in [0.4, 0.5) is 0 Å². The lowest BCUT2D eigenvalue weighted by Gasteiger charge is -2.17. The highest BCUT2D eigenvalue weighted by Crippen LogP contribution is 2.23. The predicted molar refractivity (Wildman–Crippen MR) is 70.4 cm³/mol. The molecule has 1 aromatic heterocycles. The van der Waals surface area contributed by atoms with E-state index < -0.39 is 0 Å². The third kappa shape index (κ3) is 5.00. The molecular weight excluding hydrogens is 284 g/mol. The number of hydrogen-bond donors (Lipinski definition) is 0. The maximum Gasteiger partial charge on any atom is 0.217 e. The number of ether oxygens (including phenoxy) is 2. The molecule has 17 heavy (non-hydrogen) atoms. The van der Waals surface area contributed by atoms with E-state index in [2.05, 4.69) is 46.7 Å².